The summed E-state index contributed by atoms with van der Waals surface area (Å²) in [4.78, 5) is 27.4. The van der Waals surface area contributed by atoms with E-state index in [2.05, 4.69) is 5.32 Å². The minimum Gasteiger partial charge on any atom is -0.481 e. The van der Waals surface area contributed by atoms with Gasteiger partial charge in [-0.15, -0.1) is 0 Å². The molecular formula is C17H23F2N3O3. The normalized spacial score (nSPS) is 15.1. The van der Waals surface area contributed by atoms with Crippen LogP contribution in [0.3, 0.4) is 0 Å². The summed E-state index contributed by atoms with van der Waals surface area (Å²) < 4.78 is 31.4. The Morgan fingerprint density at radius 1 is 1.20 bits per heavy atom. The van der Waals surface area contributed by atoms with E-state index in [9.17, 15) is 18.4 Å². The highest BCUT2D eigenvalue weighted by Crippen LogP contribution is 2.17. The summed E-state index contributed by atoms with van der Waals surface area (Å²) in [5, 5.41) is 2.82. The van der Waals surface area contributed by atoms with Gasteiger partial charge in [-0.05, 0) is 18.6 Å². The predicted octanol–water partition coefficient (Wildman–Crippen LogP) is 1.01. The van der Waals surface area contributed by atoms with Gasteiger partial charge in [0, 0.05) is 38.8 Å². The van der Waals surface area contributed by atoms with E-state index in [1.807, 2.05) is 11.8 Å². The molecule has 1 aliphatic rings. The molecule has 8 heteroatoms. The number of piperazine rings is 1. The Morgan fingerprint density at radius 2 is 1.92 bits per heavy atom. The van der Waals surface area contributed by atoms with Crippen LogP contribution in [0, 0.1) is 11.6 Å². The zero-order valence-corrected chi connectivity index (χ0v) is 14.3. The number of hydrogen-bond acceptors (Lipinski definition) is 4. The number of hydrogen-bond donors (Lipinski definition) is 1. The number of carbonyl (C=O) groups is 2. The molecule has 1 fully saturated rings. The summed E-state index contributed by atoms with van der Waals surface area (Å²) in [6, 6.07) is 2.94. The van der Waals surface area contributed by atoms with E-state index in [0.29, 0.717) is 45.3 Å². The molecule has 1 aliphatic heterocycles. The Bertz CT molecular complexity index is 605. The molecule has 6 nitrogen and oxygen atoms in total. The number of halogens is 2. The fraction of sp³-hybridized carbons (Fsp3) is 0.529. The van der Waals surface area contributed by atoms with Crippen LogP contribution in [0.4, 0.5) is 8.78 Å². The van der Waals surface area contributed by atoms with Crippen molar-refractivity contribution in [2.24, 2.45) is 0 Å². The van der Waals surface area contributed by atoms with E-state index < -0.39 is 11.6 Å². The van der Waals surface area contributed by atoms with Crippen LogP contribution in [0.25, 0.3) is 0 Å². The number of nitrogens with zero attached hydrogens (tertiary/aromatic N) is 2. The quantitative estimate of drug-likeness (QED) is 0.793. The van der Waals surface area contributed by atoms with Crippen LogP contribution in [0.5, 0.6) is 5.75 Å². The van der Waals surface area contributed by atoms with Crippen LogP contribution in [0.15, 0.2) is 18.2 Å². The van der Waals surface area contributed by atoms with Gasteiger partial charge in [0.1, 0.15) is 5.82 Å². The molecule has 0 saturated carbocycles. The van der Waals surface area contributed by atoms with Gasteiger partial charge in [0.15, 0.2) is 18.2 Å². The van der Waals surface area contributed by atoms with E-state index in [4.69, 9.17) is 4.74 Å². The molecule has 2 rings (SSSR count). The topological polar surface area (TPSA) is 61.9 Å². The van der Waals surface area contributed by atoms with Crippen molar-refractivity contribution in [2.75, 3.05) is 45.9 Å². The molecule has 2 amide bonds. The minimum atomic E-state index is -0.837. The summed E-state index contributed by atoms with van der Waals surface area (Å²) in [6.45, 7) is 4.81. The number of rotatable bonds is 7. The molecule has 0 atom stereocenters. The van der Waals surface area contributed by atoms with Gasteiger partial charge in [0.25, 0.3) is 5.91 Å². The summed E-state index contributed by atoms with van der Waals surface area (Å²) in [5.74, 6) is -1.97. The van der Waals surface area contributed by atoms with E-state index in [1.54, 1.807) is 4.90 Å². The van der Waals surface area contributed by atoms with Crippen molar-refractivity contribution in [1.29, 1.82) is 0 Å². The fourth-order valence-corrected chi connectivity index (χ4v) is 2.50. The zero-order chi connectivity index (χ0) is 18.2. The number of ether oxygens (including phenoxy) is 1. The highest BCUT2D eigenvalue weighted by atomic mass is 19.1. The first-order chi connectivity index (χ1) is 12.0. The molecular weight excluding hydrogens is 332 g/mol. The Kier molecular flexibility index (Phi) is 7.12. The van der Waals surface area contributed by atoms with Crippen LogP contribution >= 0.6 is 0 Å². The molecule has 0 bridgehead atoms. The monoisotopic (exact) mass is 355 g/mol. The number of carbonyl (C=O) groups excluding carboxylic acids is 2. The zero-order valence-electron chi connectivity index (χ0n) is 14.3. The largest absolute Gasteiger partial charge is 0.481 e. The van der Waals surface area contributed by atoms with E-state index in [-0.39, 0.29) is 24.2 Å². The number of amides is 2. The fourth-order valence-electron chi connectivity index (χ4n) is 2.50. The Hall–Kier alpha value is -2.22. The molecule has 1 aromatic carbocycles. The lowest BCUT2D eigenvalue weighted by Crippen LogP contribution is -2.52. The van der Waals surface area contributed by atoms with E-state index in [1.165, 1.54) is 0 Å². The van der Waals surface area contributed by atoms with Gasteiger partial charge in [-0.1, -0.05) is 6.92 Å². The van der Waals surface area contributed by atoms with Gasteiger partial charge in [0.2, 0.25) is 5.91 Å². The lowest BCUT2D eigenvalue weighted by molar-refractivity contribution is -0.135. The van der Waals surface area contributed by atoms with Crippen molar-refractivity contribution in [2.45, 2.75) is 13.3 Å². The number of nitrogens with one attached hydrogen (secondary N) is 1. The van der Waals surface area contributed by atoms with Gasteiger partial charge in [0.05, 0.1) is 6.54 Å². The van der Waals surface area contributed by atoms with Gasteiger partial charge < -0.3 is 15.0 Å². The predicted molar refractivity (Wildman–Crippen MR) is 88.2 cm³/mol. The Labute approximate surface area is 145 Å². The van der Waals surface area contributed by atoms with Crippen molar-refractivity contribution in [3.63, 3.8) is 0 Å². The van der Waals surface area contributed by atoms with E-state index in [0.717, 1.165) is 18.6 Å². The van der Waals surface area contributed by atoms with Crippen LogP contribution in [-0.2, 0) is 9.59 Å². The van der Waals surface area contributed by atoms with Gasteiger partial charge in [-0.3, -0.25) is 14.5 Å². The third-order valence-corrected chi connectivity index (χ3v) is 3.91. The number of benzene rings is 1. The van der Waals surface area contributed by atoms with Gasteiger partial charge >= 0.3 is 0 Å². The summed E-state index contributed by atoms with van der Waals surface area (Å²) in [5.41, 5.74) is 0. The second-order valence-electron chi connectivity index (χ2n) is 5.87. The van der Waals surface area contributed by atoms with Crippen molar-refractivity contribution >= 4 is 11.8 Å². The smallest absolute Gasteiger partial charge is 0.260 e. The maximum atomic E-state index is 13.5. The molecule has 25 heavy (non-hydrogen) atoms. The molecule has 0 aliphatic carbocycles. The van der Waals surface area contributed by atoms with Crippen molar-refractivity contribution in [1.82, 2.24) is 15.1 Å². The third kappa shape index (κ3) is 5.97. The molecule has 1 N–H and O–H groups in total. The highest BCUT2D eigenvalue weighted by Gasteiger charge is 2.22. The summed E-state index contributed by atoms with van der Waals surface area (Å²) in [7, 11) is 0. The Morgan fingerprint density at radius 3 is 2.56 bits per heavy atom. The van der Waals surface area contributed by atoms with Gasteiger partial charge in [-0.25, -0.2) is 8.78 Å². The van der Waals surface area contributed by atoms with Crippen molar-refractivity contribution in [3.05, 3.63) is 29.8 Å². The first-order valence-electron chi connectivity index (χ1n) is 8.34. The lowest BCUT2D eigenvalue weighted by Gasteiger charge is -2.34. The molecule has 0 spiro atoms. The third-order valence-electron chi connectivity index (χ3n) is 3.91. The minimum absolute atomic E-state index is 0.0169. The summed E-state index contributed by atoms with van der Waals surface area (Å²) in [6.07, 6.45) is 0.892. The molecule has 0 unspecified atom stereocenters. The summed E-state index contributed by atoms with van der Waals surface area (Å²) >= 11 is 0. The first kappa shape index (κ1) is 19.1. The van der Waals surface area contributed by atoms with Crippen LogP contribution in [0.1, 0.15) is 13.3 Å². The second kappa shape index (κ2) is 9.31. The molecule has 0 aromatic heterocycles. The van der Waals surface area contributed by atoms with Crippen molar-refractivity contribution < 1.29 is 23.1 Å². The van der Waals surface area contributed by atoms with E-state index >= 15 is 0 Å². The maximum absolute atomic E-state index is 13.5. The molecule has 1 aromatic rings. The molecule has 138 valence electrons. The molecule has 1 saturated heterocycles. The second-order valence-corrected chi connectivity index (χ2v) is 5.87. The lowest BCUT2D eigenvalue weighted by atomic mass is 10.3. The molecule has 0 radical (unpaired) electrons. The molecule has 1 heterocycles. The standard InChI is InChI=1S/C17H23F2N3O3/c1-2-5-20-16(23)11-21-6-8-22(9-7-21)17(24)12-25-15-4-3-13(18)10-14(15)19/h3-4,10H,2,5-9,11-12H2,1H3,(H,20,23). The van der Waals surface area contributed by atoms with Crippen LogP contribution in [0.2, 0.25) is 0 Å². The Balaban J connectivity index is 1.73. The van der Waals surface area contributed by atoms with Gasteiger partial charge in [-0.2, -0.15) is 0 Å². The average molecular weight is 355 g/mol. The van der Waals surface area contributed by atoms with Crippen LogP contribution < -0.4 is 10.1 Å². The first-order valence-corrected chi connectivity index (χ1v) is 8.34. The van der Waals surface area contributed by atoms with Crippen LogP contribution in [-0.4, -0.2) is 67.5 Å². The SMILES string of the molecule is CCCNC(=O)CN1CCN(C(=O)COc2ccc(F)cc2F)CC1. The maximum Gasteiger partial charge on any atom is 0.260 e. The average Bonchev–Trinajstić information content (AvgIpc) is 2.59. The van der Waals surface area contributed by atoms with Crippen molar-refractivity contribution in [3.8, 4) is 5.75 Å². The highest BCUT2D eigenvalue weighted by molar-refractivity contribution is 5.79.